The molecule has 1 aromatic carbocycles. The summed E-state index contributed by atoms with van der Waals surface area (Å²) in [5.41, 5.74) is 2.67. The molecule has 1 unspecified atom stereocenters. The summed E-state index contributed by atoms with van der Waals surface area (Å²) in [5, 5.41) is 19.0. The summed E-state index contributed by atoms with van der Waals surface area (Å²) in [6.45, 7) is 5.74. The van der Waals surface area contributed by atoms with Crippen molar-refractivity contribution in [3.05, 3.63) is 27.2 Å². The van der Waals surface area contributed by atoms with Crippen LogP contribution in [0.1, 0.15) is 29.5 Å². The SMILES string of the molecule is Cc1cc(Br)c(C)c(O)c1C(C)CO. The van der Waals surface area contributed by atoms with E-state index in [9.17, 15) is 5.11 Å². The molecule has 2 nitrogen and oxygen atoms in total. The standard InChI is InChI=1S/C11H15BrO2/c1-6-4-9(12)8(3)11(14)10(6)7(2)5-13/h4,7,13-14H,5H2,1-3H3. The van der Waals surface area contributed by atoms with Gasteiger partial charge in [-0.05, 0) is 25.5 Å². The molecule has 0 aliphatic rings. The molecule has 0 heterocycles. The topological polar surface area (TPSA) is 40.5 Å². The third-order valence-electron chi connectivity index (χ3n) is 2.50. The molecule has 78 valence electrons. The lowest BCUT2D eigenvalue weighted by Gasteiger charge is -2.16. The Morgan fingerprint density at radius 3 is 2.50 bits per heavy atom. The predicted octanol–water partition coefficient (Wildman–Crippen LogP) is 2.87. The lowest BCUT2D eigenvalue weighted by atomic mass is 9.94. The Morgan fingerprint density at radius 2 is 2.00 bits per heavy atom. The van der Waals surface area contributed by atoms with Gasteiger partial charge in [0, 0.05) is 28.1 Å². The minimum absolute atomic E-state index is 0.0261. The summed E-state index contributed by atoms with van der Waals surface area (Å²) in [6.07, 6.45) is 0. The fourth-order valence-electron chi connectivity index (χ4n) is 1.59. The number of phenolic OH excluding ortho intramolecular Hbond substituents is 1. The van der Waals surface area contributed by atoms with Gasteiger partial charge in [-0.3, -0.25) is 0 Å². The van der Waals surface area contributed by atoms with Gasteiger partial charge in [0.05, 0.1) is 0 Å². The number of hydrogen-bond acceptors (Lipinski definition) is 2. The van der Waals surface area contributed by atoms with Gasteiger partial charge >= 0.3 is 0 Å². The fraction of sp³-hybridized carbons (Fsp3) is 0.455. The third kappa shape index (κ3) is 1.93. The van der Waals surface area contributed by atoms with Crippen molar-refractivity contribution in [2.75, 3.05) is 6.61 Å². The van der Waals surface area contributed by atoms with E-state index in [0.29, 0.717) is 5.75 Å². The van der Waals surface area contributed by atoms with Crippen LogP contribution in [0.15, 0.2) is 10.5 Å². The molecule has 0 bridgehead atoms. The molecule has 1 atom stereocenters. The van der Waals surface area contributed by atoms with Crippen molar-refractivity contribution < 1.29 is 10.2 Å². The van der Waals surface area contributed by atoms with E-state index in [2.05, 4.69) is 15.9 Å². The highest BCUT2D eigenvalue weighted by atomic mass is 79.9. The largest absolute Gasteiger partial charge is 0.507 e. The lowest BCUT2D eigenvalue weighted by molar-refractivity contribution is 0.270. The van der Waals surface area contributed by atoms with Crippen LogP contribution < -0.4 is 0 Å². The summed E-state index contributed by atoms with van der Waals surface area (Å²) >= 11 is 3.38. The molecule has 0 radical (unpaired) electrons. The van der Waals surface area contributed by atoms with Crippen LogP contribution in [-0.4, -0.2) is 16.8 Å². The molecule has 0 saturated carbocycles. The number of benzene rings is 1. The van der Waals surface area contributed by atoms with Crippen molar-refractivity contribution in [1.29, 1.82) is 0 Å². The number of aliphatic hydroxyl groups excluding tert-OH is 1. The number of phenols is 1. The van der Waals surface area contributed by atoms with E-state index in [0.717, 1.165) is 21.2 Å². The Kier molecular flexibility index (Phi) is 3.56. The van der Waals surface area contributed by atoms with Gasteiger partial charge in [0.2, 0.25) is 0 Å². The second kappa shape index (κ2) is 4.32. The van der Waals surface area contributed by atoms with Crippen LogP contribution in [0.5, 0.6) is 5.75 Å². The monoisotopic (exact) mass is 258 g/mol. The summed E-state index contributed by atoms with van der Waals surface area (Å²) in [7, 11) is 0. The highest BCUT2D eigenvalue weighted by Gasteiger charge is 2.16. The number of rotatable bonds is 2. The zero-order chi connectivity index (χ0) is 10.9. The van der Waals surface area contributed by atoms with Gasteiger partial charge in [-0.15, -0.1) is 0 Å². The smallest absolute Gasteiger partial charge is 0.123 e. The Hall–Kier alpha value is -0.540. The predicted molar refractivity (Wildman–Crippen MR) is 60.8 cm³/mol. The molecule has 3 heteroatoms. The minimum atomic E-state index is -0.0261. The van der Waals surface area contributed by atoms with Gasteiger partial charge in [0.25, 0.3) is 0 Å². The molecule has 0 amide bonds. The van der Waals surface area contributed by atoms with E-state index in [4.69, 9.17) is 5.11 Å². The molecule has 0 saturated heterocycles. The van der Waals surface area contributed by atoms with Gasteiger partial charge in [0.15, 0.2) is 0 Å². The quantitative estimate of drug-likeness (QED) is 0.857. The molecule has 2 N–H and O–H groups in total. The Bertz CT molecular complexity index is 348. The summed E-state index contributed by atoms with van der Waals surface area (Å²) in [5.74, 6) is 0.264. The first-order chi connectivity index (χ1) is 6.49. The average molecular weight is 259 g/mol. The molecule has 0 fully saturated rings. The molecule has 0 aromatic heterocycles. The van der Waals surface area contributed by atoms with E-state index in [1.54, 1.807) is 0 Å². The lowest BCUT2D eigenvalue weighted by Crippen LogP contribution is -2.03. The molecule has 0 aliphatic heterocycles. The normalized spacial score (nSPS) is 12.9. The van der Waals surface area contributed by atoms with Crippen molar-refractivity contribution in [3.63, 3.8) is 0 Å². The summed E-state index contributed by atoms with van der Waals surface area (Å²) in [4.78, 5) is 0. The molecule has 1 aromatic rings. The van der Waals surface area contributed by atoms with Crippen molar-refractivity contribution in [2.45, 2.75) is 26.7 Å². The first-order valence-electron chi connectivity index (χ1n) is 4.58. The van der Waals surface area contributed by atoms with Gasteiger partial charge in [-0.25, -0.2) is 0 Å². The summed E-state index contributed by atoms with van der Waals surface area (Å²) < 4.78 is 0.904. The van der Waals surface area contributed by atoms with Crippen molar-refractivity contribution in [2.24, 2.45) is 0 Å². The minimum Gasteiger partial charge on any atom is -0.507 e. The van der Waals surface area contributed by atoms with Crippen molar-refractivity contribution >= 4 is 15.9 Å². The molecule has 0 spiro atoms. The highest BCUT2D eigenvalue weighted by Crippen LogP contribution is 2.36. The summed E-state index contributed by atoms with van der Waals surface area (Å²) in [6, 6.07) is 1.97. The highest BCUT2D eigenvalue weighted by molar-refractivity contribution is 9.10. The second-order valence-electron chi connectivity index (χ2n) is 3.65. The second-order valence-corrected chi connectivity index (χ2v) is 4.50. The first kappa shape index (κ1) is 11.5. The Balaban J connectivity index is 3.36. The van der Waals surface area contributed by atoms with Crippen LogP contribution >= 0.6 is 15.9 Å². The zero-order valence-electron chi connectivity index (χ0n) is 8.63. The Morgan fingerprint density at radius 1 is 1.43 bits per heavy atom. The van der Waals surface area contributed by atoms with Gasteiger partial charge in [-0.1, -0.05) is 22.9 Å². The molecular weight excluding hydrogens is 244 g/mol. The number of hydrogen-bond donors (Lipinski definition) is 2. The maximum Gasteiger partial charge on any atom is 0.123 e. The molecule has 1 rings (SSSR count). The van der Waals surface area contributed by atoms with E-state index < -0.39 is 0 Å². The van der Waals surface area contributed by atoms with Gasteiger partial charge in [0.1, 0.15) is 5.75 Å². The maximum atomic E-state index is 9.92. The number of aliphatic hydroxyl groups is 1. The van der Waals surface area contributed by atoms with Crippen molar-refractivity contribution in [3.8, 4) is 5.75 Å². The van der Waals surface area contributed by atoms with Crippen LogP contribution in [-0.2, 0) is 0 Å². The van der Waals surface area contributed by atoms with E-state index in [-0.39, 0.29) is 12.5 Å². The number of halogens is 1. The Labute approximate surface area is 92.7 Å². The van der Waals surface area contributed by atoms with Crippen LogP contribution in [0.2, 0.25) is 0 Å². The van der Waals surface area contributed by atoms with E-state index in [1.807, 2.05) is 26.8 Å². The van der Waals surface area contributed by atoms with Crippen molar-refractivity contribution in [1.82, 2.24) is 0 Å². The van der Waals surface area contributed by atoms with E-state index >= 15 is 0 Å². The number of aryl methyl sites for hydroxylation is 1. The van der Waals surface area contributed by atoms with E-state index in [1.165, 1.54) is 0 Å². The van der Waals surface area contributed by atoms with Gasteiger partial charge in [-0.2, -0.15) is 0 Å². The molecule has 14 heavy (non-hydrogen) atoms. The molecule has 0 aliphatic carbocycles. The third-order valence-corrected chi connectivity index (χ3v) is 3.33. The average Bonchev–Trinajstić information content (AvgIpc) is 2.14. The fourth-order valence-corrected chi connectivity index (χ4v) is 2.12. The van der Waals surface area contributed by atoms with Gasteiger partial charge < -0.3 is 10.2 Å². The first-order valence-corrected chi connectivity index (χ1v) is 5.37. The maximum absolute atomic E-state index is 9.92. The molecular formula is C11H15BrO2. The van der Waals surface area contributed by atoms with Crippen LogP contribution in [0.3, 0.4) is 0 Å². The van der Waals surface area contributed by atoms with Crippen LogP contribution in [0, 0.1) is 13.8 Å². The van der Waals surface area contributed by atoms with Crippen LogP contribution in [0.25, 0.3) is 0 Å². The zero-order valence-corrected chi connectivity index (χ0v) is 10.2. The number of aromatic hydroxyl groups is 1. The van der Waals surface area contributed by atoms with Crippen LogP contribution in [0.4, 0.5) is 0 Å².